The van der Waals surface area contributed by atoms with E-state index < -0.39 is 0 Å². The molecule has 1 N–H and O–H groups in total. The molecule has 1 saturated heterocycles. The highest BCUT2D eigenvalue weighted by Crippen LogP contribution is 2.34. The van der Waals surface area contributed by atoms with Crippen LogP contribution in [0.1, 0.15) is 39.9 Å². The molecule has 6 heteroatoms. The number of allylic oxidation sites excluding steroid dienone is 3. The number of para-hydroxylation sites is 1. The first-order valence-corrected chi connectivity index (χ1v) is 11.7. The van der Waals surface area contributed by atoms with Gasteiger partial charge in [0.2, 0.25) is 0 Å². The normalized spacial score (nSPS) is 19.0. The minimum absolute atomic E-state index is 0.0112. The van der Waals surface area contributed by atoms with Gasteiger partial charge in [0.05, 0.1) is 10.7 Å². The smallest absolute Gasteiger partial charge is 0.321 e. The summed E-state index contributed by atoms with van der Waals surface area (Å²) in [6, 6.07) is 7.94. The average molecular weight is 421 g/mol. The van der Waals surface area contributed by atoms with E-state index in [9.17, 15) is 4.79 Å². The number of carbonyl (C=O) groups is 1. The van der Waals surface area contributed by atoms with Crippen LogP contribution in [0.15, 0.2) is 48.2 Å². The fourth-order valence-corrected chi connectivity index (χ4v) is 5.72. The molecule has 2 aromatic rings. The molecule has 30 heavy (non-hydrogen) atoms. The Morgan fingerprint density at radius 3 is 2.63 bits per heavy atom. The van der Waals surface area contributed by atoms with E-state index in [1.54, 1.807) is 0 Å². The molecule has 156 valence electrons. The van der Waals surface area contributed by atoms with Crippen molar-refractivity contribution in [3.8, 4) is 0 Å². The van der Waals surface area contributed by atoms with E-state index in [0.29, 0.717) is 5.92 Å². The summed E-state index contributed by atoms with van der Waals surface area (Å²) < 4.78 is 0. The van der Waals surface area contributed by atoms with Gasteiger partial charge in [-0.3, -0.25) is 0 Å². The number of likely N-dealkylation sites (tertiary alicyclic amines) is 1. The van der Waals surface area contributed by atoms with Crippen LogP contribution in [0, 0.1) is 6.92 Å². The Morgan fingerprint density at radius 2 is 1.90 bits per heavy atom. The third-order valence-corrected chi connectivity index (χ3v) is 7.76. The third kappa shape index (κ3) is 3.88. The molecule has 2 aliphatic heterocycles. The Balaban J connectivity index is 1.17. The summed E-state index contributed by atoms with van der Waals surface area (Å²) in [5.41, 5.74) is 4.66. The molecule has 3 aliphatic rings. The number of thiazole rings is 1. The highest BCUT2D eigenvalue weighted by molar-refractivity contribution is 7.11. The Kier molecular flexibility index (Phi) is 5.34. The van der Waals surface area contributed by atoms with Gasteiger partial charge in [-0.2, -0.15) is 0 Å². The van der Waals surface area contributed by atoms with Crippen LogP contribution in [-0.2, 0) is 12.8 Å². The summed E-state index contributed by atoms with van der Waals surface area (Å²) in [6.07, 6.45) is 10.6. The van der Waals surface area contributed by atoms with Crippen molar-refractivity contribution >= 4 is 23.1 Å². The van der Waals surface area contributed by atoms with E-state index >= 15 is 0 Å². The molecule has 5 rings (SSSR count). The predicted octanol–water partition coefficient (Wildman–Crippen LogP) is 4.72. The van der Waals surface area contributed by atoms with Crippen molar-refractivity contribution in [2.45, 2.75) is 38.5 Å². The number of nitrogens with one attached hydrogen (secondary N) is 1. The quantitative estimate of drug-likeness (QED) is 0.782. The lowest BCUT2D eigenvalue weighted by molar-refractivity contribution is 0.194. The zero-order valence-electron chi connectivity index (χ0n) is 17.4. The summed E-state index contributed by atoms with van der Waals surface area (Å²) >= 11 is 1.91. The molecule has 1 aromatic heterocycles. The van der Waals surface area contributed by atoms with E-state index in [1.807, 2.05) is 47.4 Å². The second kappa shape index (κ2) is 8.26. The standard InChI is InChI=1S/C24H28N4OS/c1-17-5-2-3-8-20(17)26-24(29)28-13-9-18(10-14-28)23-25-21-11-15-27(19-6-4-7-19)16-12-22(21)30-23/h2-8,18H,9-16H2,1H3,(H,26,29). The second-order valence-corrected chi connectivity index (χ2v) is 9.48. The molecule has 0 saturated carbocycles. The van der Waals surface area contributed by atoms with Crippen LogP contribution in [0.3, 0.4) is 0 Å². The number of aryl methyl sites for hydroxylation is 1. The van der Waals surface area contributed by atoms with Crippen molar-refractivity contribution in [3.05, 3.63) is 69.3 Å². The van der Waals surface area contributed by atoms with E-state index in [0.717, 1.165) is 63.1 Å². The zero-order valence-corrected chi connectivity index (χ0v) is 18.3. The fraction of sp³-hybridized carbons (Fsp3) is 0.417. The lowest BCUT2D eigenvalue weighted by atomic mass is 9.98. The largest absolute Gasteiger partial charge is 0.371 e. The minimum atomic E-state index is 0.0112. The summed E-state index contributed by atoms with van der Waals surface area (Å²) in [7, 11) is 0. The van der Waals surface area contributed by atoms with Gasteiger partial charge in [0.15, 0.2) is 0 Å². The zero-order chi connectivity index (χ0) is 20.5. The Labute approximate surface area is 182 Å². The molecule has 0 spiro atoms. The predicted molar refractivity (Wildman–Crippen MR) is 122 cm³/mol. The van der Waals surface area contributed by atoms with Crippen molar-refractivity contribution < 1.29 is 4.79 Å². The van der Waals surface area contributed by atoms with E-state index in [2.05, 4.69) is 28.4 Å². The number of nitrogens with zero attached hydrogens (tertiary/aromatic N) is 3. The molecular weight excluding hydrogens is 392 g/mol. The van der Waals surface area contributed by atoms with Gasteiger partial charge in [-0.1, -0.05) is 24.3 Å². The lowest BCUT2D eigenvalue weighted by Gasteiger charge is -2.31. The number of amides is 2. The van der Waals surface area contributed by atoms with Crippen LogP contribution in [0.5, 0.6) is 0 Å². The van der Waals surface area contributed by atoms with Gasteiger partial charge in [-0.15, -0.1) is 11.3 Å². The first-order chi connectivity index (χ1) is 14.7. The number of anilines is 1. The monoisotopic (exact) mass is 420 g/mol. The number of benzene rings is 1. The van der Waals surface area contributed by atoms with Crippen LogP contribution >= 0.6 is 11.3 Å². The summed E-state index contributed by atoms with van der Waals surface area (Å²) in [5, 5.41) is 4.35. The van der Waals surface area contributed by atoms with Gasteiger partial charge in [0.1, 0.15) is 0 Å². The SMILES string of the molecule is Cc1ccccc1NC(=O)N1CCC(c2nc3c(s2)CCN(C2=CC=C2)CC3)CC1. The van der Waals surface area contributed by atoms with Gasteiger partial charge in [0, 0.05) is 61.2 Å². The first kappa shape index (κ1) is 19.4. The van der Waals surface area contributed by atoms with E-state index in [4.69, 9.17) is 4.98 Å². The van der Waals surface area contributed by atoms with Gasteiger partial charge in [-0.25, -0.2) is 9.78 Å². The summed E-state index contributed by atoms with van der Waals surface area (Å²) in [4.78, 5) is 23.6. The number of fused-ring (bicyclic) bond motifs is 1. The van der Waals surface area contributed by atoms with Gasteiger partial charge >= 0.3 is 6.03 Å². The first-order valence-electron chi connectivity index (χ1n) is 10.9. The molecule has 0 unspecified atom stereocenters. The highest BCUT2D eigenvalue weighted by Gasteiger charge is 2.28. The number of urea groups is 1. The maximum atomic E-state index is 12.7. The molecular formula is C24H28N4OS. The van der Waals surface area contributed by atoms with Crippen molar-refractivity contribution in [1.82, 2.24) is 14.8 Å². The number of carbonyl (C=O) groups excluding carboxylic acids is 1. The molecule has 2 amide bonds. The van der Waals surface area contributed by atoms with Crippen LogP contribution in [0.25, 0.3) is 0 Å². The summed E-state index contributed by atoms with van der Waals surface area (Å²) in [6.45, 7) is 5.75. The van der Waals surface area contributed by atoms with Gasteiger partial charge in [-0.05, 0) is 43.5 Å². The second-order valence-electron chi connectivity index (χ2n) is 8.37. The van der Waals surface area contributed by atoms with Gasteiger partial charge in [0.25, 0.3) is 0 Å². The molecule has 3 heterocycles. The molecule has 0 bridgehead atoms. The Morgan fingerprint density at radius 1 is 1.13 bits per heavy atom. The van der Waals surface area contributed by atoms with Crippen LogP contribution in [-0.4, -0.2) is 47.0 Å². The summed E-state index contributed by atoms with van der Waals surface area (Å²) in [5.74, 6) is 0.484. The molecule has 1 fully saturated rings. The highest BCUT2D eigenvalue weighted by atomic mass is 32.1. The molecule has 5 nitrogen and oxygen atoms in total. The van der Waals surface area contributed by atoms with E-state index in [-0.39, 0.29) is 6.03 Å². The van der Waals surface area contributed by atoms with E-state index in [1.165, 1.54) is 21.3 Å². The van der Waals surface area contributed by atoms with Crippen LogP contribution < -0.4 is 5.32 Å². The number of piperidine rings is 1. The van der Waals surface area contributed by atoms with Crippen molar-refractivity contribution in [2.24, 2.45) is 0 Å². The maximum absolute atomic E-state index is 12.7. The van der Waals surface area contributed by atoms with Crippen molar-refractivity contribution in [2.75, 3.05) is 31.5 Å². The lowest BCUT2D eigenvalue weighted by Crippen LogP contribution is -2.40. The number of hydrogen-bond donors (Lipinski definition) is 1. The number of hydrogen-bond acceptors (Lipinski definition) is 4. The van der Waals surface area contributed by atoms with Crippen molar-refractivity contribution in [1.29, 1.82) is 0 Å². The van der Waals surface area contributed by atoms with Gasteiger partial charge < -0.3 is 15.1 Å². The Hall–Kier alpha value is -2.60. The number of aromatic nitrogens is 1. The maximum Gasteiger partial charge on any atom is 0.321 e. The molecule has 0 radical (unpaired) electrons. The molecule has 0 atom stereocenters. The van der Waals surface area contributed by atoms with Crippen LogP contribution in [0.4, 0.5) is 10.5 Å². The Bertz CT molecular complexity index is 975. The molecule has 1 aromatic carbocycles. The van der Waals surface area contributed by atoms with Crippen LogP contribution in [0.2, 0.25) is 0 Å². The third-order valence-electron chi connectivity index (χ3n) is 6.44. The number of rotatable bonds is 3. The molecule has 1 aliphatic carbocycles. The fourth-order valence-electron chi connectivity index (χ4n) is 4.45. The average Bonchev–Trinajstić information content (AvgIpc) is 3.04. The van der Waals surface area contributed by atoms with Crippen molar-refractivity contribution in [3.63, 3.8) is 0 Å². The topological polar surface area (TPSA) is 48.5 Å². The minimum Gasteiger partial charge on any atom is -0.371 e.